The first kappa shape index (κ1) is 32.0. The third-order valence-electron chi connectivity index (χ3n) is 7.33. The number of nitro benzene ring substituents is 1. The van der Waals surface area contributed by atoms with Crippen molar-refractivity contribution in [2.24, 2.45) is 5.92 Å². The first-order valence-corrected chi connectivity index (χ1v) is 15.4. The molecule has 0 fully saturated rings. The fourth-order valence-electron chi connectivity index (χ4n) is 4.61. The van der Waals surface area contributed by atoms with Crippen molar-refractivity contribution >= 4 is 50.5 Å². The molecule has 2 N–H and O–H groups in total. The molecule has 0 spiro atoms. The molecule has 0 bridgehead atoms. The quantitative estimate of drug-likeness (QED) is 0.0894. The lowest BCUT2D eigenvalue weighted by atomic mass is 9.95. The Morgan fingerprint density at radius 3 is 2.44 bits per heavy atom. The summed E-state index contributed by atoms with van der Waals surface area (Å²) in [6.07, 6.45) is 5.72. The Bertz CT molecular complexity index is 1530. The summed E-state index contributed by atoms with van der Waals surface area (Å²) >= 11 is 9.37. The fourth-order valence-corrected chi connectivity index (χ4v) is 5.26. The number of anilines is 1. The van der Waals surface area contributed by atoms with Crippen LogP contribution >= 0.6 is 28.1 Å². The summed E-state index contributed by atoms with van der Waals surface area (Å²) in [6.45, 7) is 5.29. The van der Waals surface area contributed by atoms with E-state index in [1.165, 1.54) is 17.1 Å². The van der Waals surface area contributed by atoms with Crippen molar-refractivity contribution < 1.29 is 9.72 Å². The van der Waals surface area contributed by atoms with Gasteiger partial charge in [0.25, 0.3) is 11.6 Å². The molecule has 3 aromatic carbocycles. The van der Waals surface area contributed by atoms with Crippen molar-refractivity contribution in [2.75, 3.05) is 11.9 Å². The highest BCUT2D eigenvalue weighted by Crippen LogP contribution is 2.26. The Morgan fingerprint density at radius 1 is 1.07 bits per heavy atom. The Morgan fingerprint density at radius 2 is 1.77 bits per heavy atom. The molecule has 9 nitrogen and oxygen atoms in total. The normalized spacial score (nSPS) is 12.3. The minimum absolute atomic E-state index is 0.0249. The number of carbonyl (C=O) groups excluding carboxylic acids is 1. The molecule has 11 heteroatoms. The van der Waals surface area contributed by atoms with Gasteiger partial charge in [-0.05, 0) is 70.2 Å². The van der Waals surface area contributed by atoms with E-state index in [2.05, 4.69) is 45.5 Å². The standard InChI is InChI=1S/C32H35BrN6O3S/c1-3-23(2)17-18-35-38(32(43)36-29-12-8-7-11-28(29)33)31(40)27(19-24-9-5-4-6-10-24)30-20-34-22-37(30)21-25-13-15-26(16-14-25)39(41)42/h4-16,20,22-23,27,35H,3,17-19,21H2,1-2H3,(H,36,43)/t23-,27?/m0/s1. The predicted octanol–water partition coefficient (Wildman–Crippen LogP) is 7.09. The summed E-state index contributed by atoms with van der Waals surface area (Å²) in [5.41, 5.74) is 6.64. The van der Waals surface area contributed by atoms with Gasteiger partial charge in [-0.25, -0.2) is 15.4 Å². The molecule has 0 aliphatic heterocycles. The lowest BCUT2D eigenvalue weighted by molar-refractivity contribution is -0.384. The monoisotopic (exact) mass is 662 g/mol. The van der Waals surface area contributed by atoms with Crippen LogP contribution < -0.4 is 10.7 Å². The number of rotatable bonds is 13. The van der Waals surface area contributed by atoms with Crippen LogP contribution in [0, 0.1) is 16.0 Å². The number of aromatic nitrogens is 2. The number of benzene rings is 3. The van der Waals surface area contributed by atoms with Gasteiger partial charge >= 0.3 is 0 Å². The number of para-hydroxylation sites is 1. The Labute approximate surface area is 265 Å². The van der Waals surface area contributed by atoms with Crippen molar-refractivity contribution in [3.63, 3.8) is 0 Å². The van der Waals surface area contributed by atoms with Crippen molar-refractivity contribution in [3.05, 3.63) is 123 Å². The molecule has 1 heterocycles. The van der Waals surface area contributed by atoms with Crippen LogP contribution in [0.2, 0.25) is 0 Å². The van der Waals surface area contributed by atoms with E-state index < -0.39 is 10.8 Å². The van der Waals surface area contributed by atoms with Crippen molar-refractivity contribution in [1.82, 2.24) is 20.0 Å². The average molecular weight is 664 g/mol. The van der Waals surface area contributed by atoms with Crippen molar-refractivity contribution in [1.29, 1.82) is 0 Å². The van der Waals surface area contributed by atoms with E-state index in [0.29, 0.717) is 31.1 Å². The zero-order valence-electron chi connectivity index (χ0n) is 24.2. The van der Waals surface area contributed by atoms with Crippen LogP contribution in [0.5, 0.6) is 0 Å². The van der Waals surface area contributed by atoms with Gasteiger partial charge in [-0.2, -0.15) is 0 Å². The summed E-state index contributed by atoms with van der Waals surface area (Å²) in [5, 5.41) is 16.0. The number of imidazole rings is 1. The number of hydrazine groups is 1. The highest BCUT2D eigenvalue weighted by molar-refractivity contribution is 9.10. The molecule has 1 unspecified atom stereocenters. The third kappa shape index (κ3) is 8.79. The molecule has 43 heavy (non-hydrogen) atoms. The maximum absolute atomic E-state index is 14.5. The number of carbonyl (C=O) groups is 1. The molecule has 1 amide bonds. The number of non-ortho nitro benzene ring substituents is 1. The number of nitro groups is 1. The molecule has 0 saturated carbocycles. The lowest BCUT2D eigenvalue weighted by Gasteiger charge is -2.29. The van der Waals surface area contributed by atoms with Crippen molar-refractivity contribution in [3.8, 4) is 0 Å². The van der Waals surface area contributed by atoms with Gasteiger partial charge in [-0.1, -0.05) is 74.9 Å². The molecule has 2 atom stereocenters. The smallest absolute Gasteiger partial charge is 0.269 e. The number of thiocarbonyl (C=S) groups is 1. The summed E-state index contributed by atoms with van der Waals surface area (Å²) < 4.78 is 2.74. The molecule has 1 aromatic heterocycles. The SMILES string of the molecule is CC[C@H](C)CCNN(C(=O)C(Cc1ccccc1)c1cncn1Cc1ccc([N+](=O)[O-])cc1)C(=S)Nc1ccccc1Br. The number of amides is 1. The molecule has 4 rings (SSSR count). The average Bonchev–Trinajstić information content (AvgIpc) is 3.47. The van der Waals surface area contributed by atoms with Crippen molar-refractivity contribution in [2.45, 2.75) is 45.6 Å². The van der Waals surface area contributed by atoms with Crippen LogP contribution in [0.15, 0.2) is 95.9 Å². The van der Waals surface area contributed by atoms with E-state index in [0.717, 1.165) is 34.1 Å². The second-order valence-corrected chi connectivity index (χ2v) is 11.6. The van der Waals surface area contributed by atoms with Crippen LogP contribution in [0.25, 0.3) is 0 Å². The van der Waals surface area contributed by atoms with Crippen LogP contribution in [0.3, 0.4) is 0 Å². The minimum Gasteiger partial charge on any atom is -0.330 e. The number of nitrogens with zero attached hydrogens (tertiary/aromatic N) is 4. The summed E-state index contributed by atoms with van der Waals surface area (Å²) in [4.78, 5) is 29.6. The zero-order chi connectivity index (χ0) is 30.8. The van der Waals surface area contributed by atoms with Crippen LogP contribution in [0.1, 0.15) is 49.4 Å². The molecule has 0 aliphatic carbocycles. The zero-order valence-corrected chi connectivity index (χ0v) is 26.6. The van der Waals surface area contributed by atoms with Crippen LogP contribution in [0.4, 0.5) is 11.4 Å². The maximum atomic E-state index is 14.5. The molecule has 224 valence electrons. The van der Waals surface area contributed by atoms with E-state index >= 15 is 0 Å². The molecular weight excluding hydrogens is 628 g/mol. The van der Waals surface area contributed by atoms with E-state index in [1.807, 2.05) is 59.2 Å². The predicted molar refractivity (Wildman–Crippen MR) is 177 cm³/mol. The Balaban J connectivity index is 1.67. The first-order valence-electron chi connectivity index (χ1n) is 14.2. The summed E-state index contributed by atoms with van der Waals surface area (Å²) in [5.74, 6) is -0.362. The van der Waals surface area contributed by atoms with Gasteiger partial charge in [-0.15, -0.1) is 0 Å². The van der Waals surface area contributed by atoms with E-state index in [9.17, 15) is 14.9 Å². The van der Waals surface area contributed by atoms with Gasteiger partial charge in [0.15, 0.2) is 5.11 Å². The molecule has 4 aromatic rings. The van der Waals surface area contributed by atoms with Gasteiger partial charge in [0.1, 0.15) is 0 Å². The van der Waals surface area contributed by atoms with Gasteiger partial charge in [0, 0.05) is 35.9 Å². The molecule has 0 aliphatic rings. The highest BCUT2D eigenvalue weighted by Gasteiger charge is 2.31. The molecular formula is C32H35BrN6O3S. The third-order valence-corrected chi connectivity index (χ3v) is 8.30. The second-order valence-electron chi connectivity index (χ2n) is 10.4. The van der Waals surface area contributed by atoms with Gasteiger partial charge in [0.2, 0.25) is 0 Å². The van der Waals surface area contributed by atoms with E-state index in [1.54, 1.807) is 24.7 Å². The van der Waals surface area contributed by atoms with Gasteiger partial charge in [0.05, 0.1) is 28.5 Å². The number of hydrogen-bond acceptors (Lipinski definition) is 6. The van der Waals surface area contributed by atoms with Gasteiger partial charge in [-0.3, -0.25) is 14.9 Å². The maximum Gasteiger partial charge on any atom is 0.269 e. The molecule has 0 saturated heterocycles. The second kappa shape index (κ2) is 15.5. The minimum atomic E-state index is -0.627. The number of hydrogen-bond donors (Lipinski definition) is 2. The lowest BCUT2D eigenvalue weighted by Crippen LogP contribution is -2.51. The fraction of sp³-hybridized carbons (Fsp3) is 0.281. The van der Waals surface area contributed by atoms with E-state index in [-0.39, 0.29) is 16.7 Å². The first-order chi connectivity index (χ1) is 20.8. The summed E-state index contributed by atoms with van der Waals surface area (Å²) in [6, 6.07) is 23.8. The number of nitrogens with one attached hydrogen (secondary N) is 2. The number of halogens is 1. The van der Waals surface area contributed by atoms with Gasteiger partial charge < -0.3 is 9.88 Å². The highest BCUT2D eigenvalue weighted by atomic mass is 79.9. The summed E-state index contributed by atoms with van der Waals surface area (Å²) in [7, 11) is 0. The Kier molecular flexibility index (Phi) is 11.5. The Hall–Kier alpha value is -3.93. The van der Waals surface area contributed by atoms with E-state index in [4.69, 9.17) is 12.2 Å². The van der Waals surface area contributed by atoms with Crippen LogP contribution in [-0.4, -0.2) is 37.0 Å². The van der Waals surface area contributed by atoms with Crippen LogP contribution in [-0.2, 0) is 17.8 Å². The topological polar surface area (TPSA) is 105 Å². The largest absolute Gasteiger partial charge is 0.330 e. The molecule has 0 radical (unpaired) electrons.